The molecule has 0 saturated carbocycles. The molecule has 2 aromatic rings. The van der Waals surface area contributed by atoms with Gasteiger partial charge in [0.2, 0.25) is 0 Å². The summed E-state index contributed by atoms with van der Waals surface area (Å²) in [5.74, 6) is -0.844. The average Bonchev–Trinajstić information content (AvgIpc) is 2.90. The zero-order valence-electron chi connectivity index (χ0n) is 8.90. The molecule has 0 fully saturated rings. The molecule has 0 atom stereocenters. The molecule has 0 amide bonds. The highest BCUT2D eigenvalue weighted by atomic mass is 32.1. The molecule has 2 rings (SSSR count). The number of nitro benzene ring substituents is 1. The molecular weight excluding hydrogens is 274 g/mol. The van der Waals surface area contributed by atoms with Crippen LogP contribution < -0.4 is 0 Å². The van der Waals surface area contributed by atoms with E-state index in [4.69, 9.17) is 0 Å². The molecule has 1 aromatic carbocycles. The maximum absolute atomic E-state index is 11.5. The largest absolute Gasteiger partial charge is 0.391 e. The lowest BCUT2D eigenvalue weighted by molar-refractivity contribution is -0.385. The Hall–Kier alpha value is -1.86. The number of rotatable bonds is 3. The van der Waals surface area contributed by atoms with E-state index in [2.05, 4.69) is 17.1 Å². The van der Waals surface area contributed by atoms with Crippen LogP contribution in [0.4, 0.5) is 5.69 Å². The molecule has 7 heteroatoms. The first-order valence-corrected chi connectivity index (χ1v) is 6.06. The molecule has 0 bridgehead atoms. The number of nitrogens with zero attached hydrogens (tertiary/aromatic N) is 1. The van der Waals surface area contributed by atoms with E-state index >= 15 is 0 Å². The van der Waals surface area contributed by atoms with Gasteiger partial charge in [0.15, 0.2) is 0 Å². The molecule has 1 aromatic heterocycles. The van der Waals surface area contributed by atoms with E-state index in [-0.39, 0.29) is 11.3 Å². The van der Waals surface area contributed by atoms with Gasteiger partial charge in [-0.1, -0.05) is 6.07 Å². The predicted molar refractivity (Wildman–Crippen MR) is 70.8 cm³/mol. The monoisotopic (exact) mass is 281 g/mol. The molecule has 0 spiro atoms. The van der Waals surface area contributed by atoms with Crippen molar-refractivity contribution >= 4 is 35.9 Å². The smallest absolute Gasteiger partial charge is 0.357 e. The minimum absolute atomic E-state index is 0.110. The third-order valence-electron chi connectivity index (χ3n) is 2.30. The van der Waals surface area contributed by atoms with Gasteiger partial charge >= 0.3 is 5.97 Å². The number of thiophene rings is 1. The van der Waals surface area contributed by atoms with Crippen LogP contribution in [0, 0.1) is 10.1 Å². The molecular formula is C11H7NO4S2. The van der Waals surface area contributed by atoms with Crippen LogP contribution in [0.25, 0.3) is 10.4 Å². The van der Waals surface area contributed by atoms with Gasteiger partial charge in [-0.3, -0.25) is 10.1 Å². The number of benzene rings is 1. The summed E-state index contributed by atoms with van der Waals surface area (Å²) < 4.78 is 4.25. The number of hydrogen-bond donors (Lipinski definition) is 1. The molecule has 0 aliphatic heterocycles. The third kappa shape index (κ3) is 2.36. The van der Waals surface area contributed by atoms with Gasteiger partial charge in [-0.25, -0.2) is 4.79 Å². The first kappa shape index (κ1) is 12.6. The molecule has 0 radical (unpaired) electrons. The second kappa shape index (κ2) is 5.19. The fraction of sp³-hybridized carbons (Fsp3) is 0. The SMILES string of the molecule is O=C(OS)c1cc(-c2cccs2)ccc1[N+](=O)[O-]. The standard InChI is InChI=1S/C11H7NO4S2/c13-11(16-17)8-6-7(10-2-1-5-18-10)3-4-9(8)12(14)15/h1-6,17H. The molecule has 0 N–H and O–H groups in total. The zero-order valence-corrected chi connectivity index (χ0v) is 10.6. The second-order valence-corrected chi connectivity index (χ2v) is 4.48. The molecule has 0 saturated heterocycles. The summed E-state index contributed by atoms with van der Waals surface area (Å²) in [6.45, 7) is 0. The van der Waals surface area contributed by atoms with E-state index in [1.807, 2.05) is 17.5 Å². The number of hydrogen-bond acceptors (Lipinski definition) is 6. The van der Waals surface area contributed by atoms with Gasteiger partial charge in [-0.15, -0.1) is 11.3 Å². The van der Waals surface area contributed by atoms with Gasteiger partial charge < -0.3 is 4.18 Å². The number of thiol groups is 1. The van der Waals surface area contributed by atoms with Crippen LogP contribution in [0.1, 0.15) is 10.4 Å². The van der Waals surface area contributed by atoms with Crippen LogP contribution in [-0.2, 0) is 4.18 Å². The van der Waals surface area contributed by atoms with Crippen molar-refractivity contribution in [1.29, 1.82) is 0 Å². The molecule has 18 heavy (non-hydrogen) atoms. The lowest BCUT2D eigenvalue weighted by atomic mass is 10.1. The van der Waals surface area contributed by atoms with Gasteiger partial charge in [-0.05, 0) is 29.1 Å². The summed E-state index contributed by atoms with van der Waals surface area (Å²) in [6.07, 6.45) is 0. The van der Waals surface area contributed by atoms with Crippen LogP contribution in [-0.4, -0.2) is 10.9 Å². The Morgan fingerprint density at radius 3 is 2.72 bits per heavy atom. The lowest BCUT2D eigenvalue weighted by Crippen LogP contribution is -2.03. The molecule has 0 unspecified atom stereocenters. The summed E-state index contributed by atoms with van der Waals surface area (Å²) in [5, 5.41) is 12.7. The Morgan fingerprint density at radius 1 is 1.39 bits per heavy atom. The topological polar surface area (TPSA) is 69.4 Å². The molecule has 0 aliphatic carbocycles. The number of carbonyl (C=O) groups excluding carboxylic acids is 1. The van der Waals surface area contributed by atoms with Gasteiger partial charge in [0.05, 0.1) is 4.92 Å². The van der Waals surface area contributed by atoms with Gasteiger partial charge in [0.1, 0.15) is 5.56 Å². The lowest BCUT2D eigenvalue weighted by Gasteiger charge is -2.03. The van der Waals surface area contributed by atoms with E-state index in [9.17, 15) is 14.9 Å². The summed E-state index contributed by atoms with van der Waals surface area (Å²) >= 11 is 4.86. The fourth-order valence-electron chi connectivity index (χ4n) is 1.50. The van der Waals surface area contributed by atoms with Crippen molar-refractivity contribution in [2.45, 2.75) is 0 Å². The predicted octanol–water partition coefficient (Wildman–Crippen LogP) is 3.32. The minimum atomic E-state index is -0.844. The summed E-state index contributed by atoms with van der Waals surface area (Å²) in [4.78, 5) is 22.6. The molecule has 5 nitrogen and oxygen atoms in total. The van der Waals surface area contributed by atoms with E-state index in [0.29, 0.717) is 0 Å². The highest BCUT2D eigenvalue weighted by Crippen LogP contribution is 2.30. The van der Waals surface area contributed by atoms with Gasteiger partial charge in [0, 0.05) is 23.9 Å². The minimum Gasteiger partial charge on any atom is -0.391 e. The van der Waals surface area contributed by atoms with Crippen molar-refractivity contribution in [1.82, 2.24) is 0 Å². The highest BCUT2D eigenvalue weighted by Gasteiger charge is 2.22. The van der Waals surface area contributed by atoms with E-state index in [0.717, 1.165) is 10.4 Å². The Kier molecular flexibility index (Phi) is 3.63. The zero-order chi connectivity index (χ0) is 13.1. The second-order valence-electron chi connectivity index (χ2n) is 3.35. The summed E-state index contributed by atoms with van der Waals surface area (Å²) in [6, 6.07) is 8.04. The Bertz CT molecular complexity index is 595. The van der Waals surface area contributed by atoms with Crippen LogP contribution >= 0.6 is 24.2 Å². The Balaban J connectivity index is 2.55. The Morgan fingerprint density at radius 2 is 2.17 bits per heavy atom. The van der Waals surface area contributed by atoms with Crippen molar-refractivity contribution in [2.24, 2.45) is 0 Å². The van der Waals surface area contributed by atoms with E-state index in [1.165, 1.54) is 23.5 Å². The first-order chi connectivity index (χ1) is 8.63. The van der Waals surface area contributed by atoms with Crippen molar-refractivity contribution in [2.75, 3.05) is 0 Å². The number of carbonyl (C=O) groups is 1. The van der Waals surface area contributed by atoms with Gasteiger partial charge in [-0.2, -0.15) is 0 Å². The van der Waals surface area contributed by atoms with Crippen molar-refractivity contribution in [3.05, 3.63) is 51.4 Å². The quantitative estimate of drug-likeness (QED) is 0.405. The summed E-state index contributed by atoms with van der Waals surface area (Å²) in [5.41, 5.74) is 0.319. The molecule has 1 heterocycles. The van der Waals surface area contributed by atoms with Crippen LogP contribution in [0.15, 0.2) is 35.7 Å². The molecule has 0 aliphatic rings. The van der Waals surface area contributed by atoms with Crippen molar-refractivity contribution < 1.29 is 13.9 Å². The normalized spacial score (nSPS) is 10.1. The third-order valence-corrected chi connectivity index (χ3v) is 3.39. The van der Waals surface area contributed by atoms with E-state index < -0.39 is 10.9 Å². The van der Waals surface area contributed by atoms with Crippen LogP contribution in [0.3, 0.4) is 0 Å². The fourth-order valence-corrected chi connectivity index (χ4v) is 2.33. The highest BCUT2D eigenvalue weighted by molar-refractivity contribution is 7.75. The Labute approximate surface area is 112 Å². The average molecular weight is 281 g/mol. The maximum Gasteiger partial charge on any atom is 0.357 e. The first-order valence-electron chi connectivity index (χ1n) is 4.81. The maximum atomic E-state index is 11.5. The summed E-state index contributed by atoms with van der Waals surface area (Å²) in [7, 11) is 0. The molecule has 92 valence electrons. The van der Waals surface area contributed by atoms with Crippen LogP contribution in [0.2, 0.25) is 0 Å². The number of nitro groups is 1. The van der Waals surface area contributed by atoms with Gasteiger partial charge in [0.25, 0.3) is 5.69 Å². The van der Waals surface area contributed by atoms with Crippen LogP contribution in [0.5, 0.6) is 0 Å². The van der Waals surface area contributed by atoms with Crippen molar-refractivity contribution in [3.63, 3.8) is 0 Å². The van der Waals surface area contributed by atoms with Crippen molar-refractivity contribution in [3.8, 4) is 10.4 Å². The van der Waals surface area contributed by atoms with E-state index in [1.54, 1.807) is 6.07 Å².